The van der Waals surface area contributed by atoms with Crippen LogP contribution >= 0.6 is 0 Å². The van der Waals surface area contributed by atoms with Gasteiger partial charge in [0, 0.05) is 44.1 Å². The van der Waals surface area contributed by atoms with Gasteiger partial charge in [0.05, 0.1) is 31.7 Å². The SMILES string of the molecule is CCOC(=O)CCc1cc(OC)c2c(c1)N(c1cccc3c1CCN(C(=O)c1ccc(CC)c4c1CCO4)C3)NN2C. The van der Waals surface area contributed by atoms with E-state index in [1.807, 2.05) is 48.1 Å². The van der Waals surface area contributed by atoms with Gasteiger partial charge in [-0.3, -0.25) is 19.6 Å². The highest BCUT2D eigenvalue weighted by Crippen LogP contribution is 2.46. The topological polar surface area (TPSA) is 83.6 Å². The molecule has 1 N–H and O–H groups in total. The van der Waals surface area contributed by atoms with Crippen molar-refractivity contribution in [3.63, 3.8) is 0 Å². The van der Waals surface area contributed by atoms with Gasteiger partial charge in [-0.15, -0.1) is 5.53 Å². The number of nitrogens with zero attached hydrogens (tertiary/aromatic N) is 3. The largest absolute Gasteiger partial charge is 0.494 e. The summed E-state index contributed by atoms with van der Waals surface area (Å²) in [6.45, 7) is 6.12. The molecule has 3 aromatic carbocycles. The molecule has 3 aliphatic heterocycles. The summed E-state index contributed by atoms with van der Waals surface area (Å²) >= 11 is 0. The molecule has 3 heterocycles. The van der Waals surface area contributed by atoms with Crippen LogP contribution in [0.4, 0.5) is 17.1 Å². The molecule has 0 fully saturated rings. The van der Waals surface area contributed by atoms with Gasteiger partial charge in [-0.25, -0.2) is 0 Å². The molecule has 42 heavy (non-hydrogen) atoms. The molecule has 9 nitrogen and oxygen atoms in total. The number of rotatable bonds is 8. The molecular formula is C33H38N4O5. The number of carbonyl (C=O) groups excluding carboxylic acids is 2. The van der Waals surface area contributed by atoms with Gasteiger partial charge in [-0.2, -0.15) is 0 Å². The zero-order chi connectivity index (χ0) is 29.4. The van der Waals surface area contributed by atoms with E-state index in [9.17, 15) is 9.59 Å². The minimum absolute atomic E-state index is 0.0656. The van der Waals surface area contributed by atoms with Gasteiger partial charge in [0.25, 0.3) is 5.91 Å². The highest BCUT2D eigenvalue weighted by Gasteiger charge is 2.33. The lowest BCUT2D eigenvalue weighted by Crippen LogP contribution is -2.41. The van der Waals surface area contributed by atoms with Crippen LogP contribution in [0.1, 0.15) is 58.4 Å². The molecule has 0 radical (unpaired) electrons. The first-order chi connectivity index (χ1) is 20.4. The number of aryl methyl sites for hydroxylation is 2. The third-order valence-corrected chi connectivity index (χ3v) is 8.41. The summed E-state index contributed by atoms with van der Waals surface area (Å²) in [7, 11) is 3.62. The lowest BCUT2D eigenvalue weighted by molar-refractivity contribution is -0.143. The molecule has 6 rings (SSSR count). The maximum Gasteiger partial charge on any atom is 0.306 e. The summed E-state index contributed by atoms with van der Waals surface area (Å²) in [6.07, 6.45) is 3.26. The van der Waals surface area contributed by atoms with E-state index in [1.165, 1.54) is 5.56 Å². The monoisotopic (exact) mass is 570 g/mol. The third-order valence-electron chi connectivity index (χ3n) is 8.41. The summed E-state index contributed by atoms with van der Waals surface area (Å²) in [6, 6.07) is 14.4. The first-order valence-electron chi connectivity index (χ1n) is 14.8. The Morgan fingerprint density at radius 2 is 1.90 bits per heavy atom. The average Bonchev–Trinajstić information content (AvgIpc) is 3.63. The van der Waals surface area contributed by atoms with Crippen molar-refractivity contribution < 1.29 is 23.8 Å². The highest BCUT2D eigenvalue weighted by atomic mass is 16.5. The lowest BCUT2D eigenvalue weighted by atomic mass is 9.95. The molecule has 0 bridgehead atoms. The maximum atomic E-state index is 13.8. The fourth-order valence-electron chi connectivity index (χ4n) is 6.35. The molecule has 0 aliphatic carbocycles. The molecular weight excluding hydrogens is 532 g/mol. The van der Waals surface area contributed by atoms with Crippen LogP contribution in [-0.4, -0.2) is 50.7 Å². The number of methoxy groups -OCH3 is 1. The Morgan fingerprint density at radius 1 is 1.05 bits per heavy atom. The van der Waals surface area contributed by atoms with Crippen LogP contribution in [0.5, 0.6) is 11.5 Å². The van der Waals surface area contributed by atoms with Crippen LogP contribution in [0.2, 0.25) is 0 Å². The zero-order valence-electron chi connectivity index (χ0n) is 24.8. The van der Waals surface area contributed by atoms with Crippen molar-refractivity contribution in [2.45, 2.75) is 52.5 Å². The minimum atomic E-state index is -0.209. The molecule has 0 atom stereocenters. The predicted octanol–water partition coefficient (Wildman–Crippen LogP) is 4.89. The Bertz CT molecular complexity index is 1540. The summed E-state index contributed by atoms with van der Waals surface area (Å²) in [4.78, 5) is 27.8. The van der Waals surface area contributed by atoms with E-state index in [1.54, 1.807) is 7.11 Å². The van der Waals surface area contributed by atoms with E-state index in [0.29, 0.717) is 39.1 Å². The zero-order valence-corrected chi connectivity index (χ0v) is 24.8. The van der Waals surface area contributed by atoms with Gasteiger partial charge < -0.3 is 19.1 Å². The summed E-state index contributed by atoms with van der Waals surface area (Å²) in [5.74, 6) is 1.49. The maximum absolute atomic E-state index is 13.8. The predicted molar refractivity (Wildman–Crippen MR) is 162 cm³/mol. The molecule has 1 amide bonds. The van der Waals surface area contributed by atoms with Crippen molar-refractivity contribution in [1.82, 2.24) is 10.4 Å². The number of ether oxygens (including phenoxy) is 3. The number of benzene rings is 3. The number of amides is 1. The molecule has 0 saturated carbocycles. The number of esters is 1. The fourth-order valence-corrected chi connectivity index (χ4v) is 6.35. The quantitative estimate of drug-likeness (QED) is 0.383. The normalized spacial score (nSPS) is 15.2. The molecule has 9 heteroatoms. The number of fused-ring (bicyclic) bond motifs is 3. The second kappa shape index (κ2) is 11.6. The minimum Gasteiger partial charge on any atom is -0.494 e. The van der Waals surface area contributed by atoms with Gasteiger partial charge in [0.15, 0.2) is 0 Å². The van der Waals surface area contributed by atoms with Crippen molar-refractivity contribution in [1.29, 1.82) is 0 Å². The smallest absolute Gasteiger partial charge is 0.306 e. The molecule has 220 valence electrons. The summed E-state index contributed by atoms with van der Waals surface area (Å²) in [5.41, 5.74) is 12.7. The number of carbonyl (C=O) groups is 2. The van der Waals surface area contributed by atoms with Gasteiger partial charge in [-0.05, 0) is 72.7 Å². The molecule has 0 spiro atoms. The number of hydrazine groups is 2. The van der Waals surface area contributed by atoms with Crippen molar-refractivity contribution in [2.75, 3.05) is 43.9 Å². The van der Waals surface area contributed by atoms with Gasteiger partial charge in [0.2, 0.25) is 0 Å². The fraction of sp³-hybridized carbons (Fsp3) is 0.394. The average molecular weight is 571 g/mol. The van der Waals surface area contributed by atoms with Crippen LogP contribution in [0.25, 0.3) is 0 Å². The van der Waals surface area contributed by atoms with Gasteiger partial charge in [-0.1, -0.05) is 25.1 Å². The van der Waals surface area contributed by atoms with E-state index in [4.69, 9.17) is 14.2 Å². The van der Waals surface area contributed by atoms with Crippen molar-refractivity contribution >= 4 is 28.9 Å². The number of hydrogen-bond donors (Lipinski definition) is 1. The van der Waals surface area contributed by atoms with Crippen molar-refractivity contribution in [3.8, 4) is 11.5 Å². The first-order valence-corrected chi connectivity index (χ1v) is 14.8. The van der Waals surface area contributed by atoms with E-state index >= 15 is 0 Å². The Labute approximate surface area is 246 Å². The van der Waals surface area contributed by atoms with E-state index in [2.05, 4.69) is 35.7 Å². The second-order valence-corrected chi connectivity index (χ2v) is 10.9. The molecule has 3 aromatic rings. The van der Waals surface area contributed by atoms with Crippen LogP contribution < -0.4 is 25.0 Å². The standard InChI is InChI=1S/C33H38N4O5/c1-5-22-11-12-26(25-15-17-42-32(22)25)33(39)36-16-14-24-23(20-36)8-7-9-27(24)37-28-18-21(10-13-30(38)41-6-2)19-29(40-4)31(28)35(3)34-37/h7-9,11-12,18-19,34H,5-6,10,13-17,20H2,1-4H3. The summed E-state index contributed by atoms with van der Waals surface area (Å²) in [5, 5.41) is 4.03. The third kappa shape index (κ3) is 4.91. The summed E-state index contributed by atoms with van der Waals surface area (Å²) < 4.78 is 16.8. The van der Waals surface area contributed by atoms with Gasteiger partial charge in [0.1, 0.15) is 17.2 Å². The Kier molecular flexibility index (Phi) is 7.68. The van der Waals surface area contributed by atoms with Crippen LogP contribution in [0.15, 0.2) is 42.5 Å². The van der Waals surface area contributed by atoms with Crippen molar-refractivity contribution in [2.24, 2.45) is 0 Å². The van der Waals surface area contributed by atoms with Crippen LogP contribution in [0, 0.1) is 0 Å². The number of hydrogen-bond acceptors (Lipinski definition) is 8. The van der Waals surface area contributed by atoms with E-state index < -0.39 is 0 Å². The first kappa shape index (κ1) is 27.9. The lowest BCUT2D eigenvalue weighted by Gasteiger charge is -2.33. The Hall–Kier alpha value is -4.24. The Balaban J connectivity index is 1.28. The number of nitrogens with one attached hydrogen (secondary N) is 1. The number of anilines is 3. The van der Waals surface area contributed by atoms with Crippen LogP contribution in [0.3, 0.4) is 0 Å². The van der Waals surface area contributed by atoms with E-state index in [-0.39, 0.29) is 11.9 Å². The molecule has 3 aliphatic rings. The molecule has 0 saturated heterocycles. The van der Waals surface area contributed by atoms with E-state index in [0.717, 1.165) is 75.6 Å². The Morgan fingerprint density at radius 3 is 2.69 bits per heavy atom. The van der Waals surface area contributed by atoms with Gasteiger partial charge >= 0.3 is 5.97 Å². The van der Waals surface area contributed by atoms with Crippen molar-refractivity contribution in [3.05, 3.63) is 75.8 Å². The highest BCUT2D eigenvalue weighted by molar-refractivity contribution is 5.97. The van der Waals surface area contributed by atoms with Crippen LogP contribution in [-0.2, 0) is 41.8 Å². The second-order valence-electron chi connectivity index (χ2n) is 10.9. The molecule has 0 unspecified atom stereocenters. The molecule has 0 aromatic heterocycles.